The van der Waals surface area contributed by atoms with Crippen molar-refractivity contribution < 1.29 is 43.1 Å². The zero-order valence-electron chi connectivity index (χ0n) is 10.7. The summed E-state index contributed by atoms with van der Waals surface area (Å²) < 4.78 is 9.25. The molecule has 0 aliphatic heterocycles. The zero-order valence-corrected chi connectivity index (χ0v) is 12.1. The maximum atomic E-state index is 10.6. The molecule has 0 spiro atoms. The number of aryl methyl sites for hydroxylation is 2. The van der Waals surface area contributed by atoms with Gasteiger partial charge < -0.3 is 24.5 Å². The van der Waals surface area contributed by atoms with Crippen LogP contribution in [0.4, 0.5) is 0 Å². The van der Waals surface area contributed by atoms with Crippen LogP contribution in [0.15, 0.2) is 43.1 Å². The van der Waals surface area contributed by atoms with Crippen LogP contribution in [0.2, 0.25) is 0 Å². The van der Waals surface area contributed by atoms with Gasteiger partial charge in [-0.05, 0) is 25.3 Å². The number of rotatable bonds is 0. The molecule has 2 heterocycles. The molecule has 0 amide bonds. The average Bonchev–Trinajstić information content (AvgIpc) is 2.34. The molecule has 0 atom stereocenters. The summed E-state index contributed by atoms with van der Waals surface area (Å²) in [6.45, 7) is 2.92. The normalized spacial score (nSPS) is 8.50. The Morgan fingerprint density at radius 2 is 1.15 bits per heavy atom. The van der Waals surface area contributed by atoms with E-state index in [1.54, 1.807) is 0 Å². The van der Waals surface area contributed by atoms with Crippen molar-refractivity contribution in [3.8, 4) is 11.5 Å². The van der Waals surface area contributed by atoms with Gasteiger partial charge in [-0.15, -0.1) is 0 Å². The topological polar surface area (TPSA) is 138 Å². The summed E-state index contributed by atoms with van der Waals surface area (Å²) in [5.41, 5.74) is -1.03. The predicted molar refractivity (Wildman–Crippen MR) is 61.9 cm³/mol. The minimum absolute atomic E-state index is 0. The number of hydrogen-bond acceptors (Lipinski definition) is 6. The zero-order chi connectivity index (χ0) is 13.7. The fourth-order valence-corrected chi connectivity index (χ4v) is 1.00. The van der Waals surface area contributed by atoms with Gasteiger partial charge in [0.05, 0.1) is 24.0 Å². The molecule has 20 heavy (non-hydrogen) atoms. The summed E-state index contributed by atoms with van der Waals surface area (Å²) in [5.74, 6) is -0.833. The van der Waals surface area contributed by atoms with E-state index in [1.807, 2.05) is 0 Å². The summed E-state index contributed by atoms with van der Waals surface area (Å²) in [5, 5.41) is 21.1. The first-order chi connectivity index (χ1) is 8.43. The Bertz CT molecular complexity index is 587. The molecule has 0 saturated heterocycles. The third-order valence-electron chi connectivity index (χ3n) is 2.02. The van der Waals surface area contributed by atoms with Crippen molar-refractivity contribution in [2.45, 2.75) is 13.8 Å². The summed E-state index contributed by atoms with van der Waals surface area (Å²) in [7, 11) is 0. The molecule has 107 valence electrons. The first-order valence-electron chi connectivity index (χ1n) is 4.94. The van der Waals surface area contributed by atoms with Gasteiger partial charge >= 0.3 is 18.6 Å². The molecule has 0 aliphatic rings. The Kier molecular flexibility index (Phi) is 9.19. The van der Waals surface area contributed by atoms with Crippen LogP contribution in [0.3, 0.4) is 0 Å². The van der Waals surface area contributed by atoms with Gasteiger partial charge in [0, 0.05) is 12.1 Å². The van der Waals surface area contributed by atoms with Crippen molar-refractivity contribution >= 4 is 0 Å². The van der Waals surface area contributed by atoms with Gasteiger partial charge in [0.1, 0.15) is 0 Å². The molecular formula is C12H12O7V. The van der Waals surface area contributed by atoms with Gasteiger partial charge in [0.2, 0.25) is 0 Å². The van der Waals surface area contributed by atoms with Gasteiger partial charge in [-0.2, -0.15) is 0 Å². The van der Waals surface area contributed by atoms with Gasteiger partial charge in [0.15, 0.2) is 10.9 Å². The molecule has 0 fully saturated rings. The Morgan fingerprint density at radius 3 is 1.35 bits per heavy atom. The van der Waals surface area contributed by atoms with Crippen molar-refractivity contribution in [2.75, 3.05) is 0 Å². The molecule has 0 saturated carbocycles. The first kappa shape index (κ1) is 20.4. The van der Waals surface area contributed by atoms with E-state index in [1.165, 1.54) is 26.4 Å². The third kappa shape index (κ3) is 5.35. The molecular weight excluding hydrogens is 307 g/mol. The Morgan fingerprint density at radius 1 is 0.850 bits per heavy atom. The van der Waals surface area contributed by atoms with Gasteiger partial charge in [-0.25, -0.2) is 0 Å². The van der Waals surface area contributed by atoms with Gasteiger partial charge in [-0.3, -0.25) is 9.59 Å². The quantitative estimate of drug-likeness (QED) is 0.624. The van der Waals surface area contributed by atoms with Crippen molar-refractivity contribution in [3.05, 3.63) is 56.6 Å². The van der Waals surface area contributed by atoms with E-state index in [0.29, 0.717) is 0 Å². The standard InChI is InChI=1S/2C6H6O3.H2O.V/c2*1-4-6(8)5(7)2-3-9-4;;/h2*2-3,8H,1H3;1H2;/q;;;+2/p-2. The van der Waals surface area contributed by atoms with Crippen LogP contribution in [0.25, 0.3) is 0 Å². The average molecular weight is 319 g/mol. The largest absolute Gasteiger partial charge is 2.00 e. The van der Waals surface area contributed by atoms with Crippen LogP contribution in [0.1, 0.15) is 11.5 Å². The molecule has 2 rings (SSSR count). The monoisotopic (exact) mass is 319 g/mol. The van der Waals surface area contributed by atoms with Gasteiger partial charge in [-0.1, -0.05) is 0 Å². The molecule has 2 aromatic heterocycles. The third-order valence-corrected chi connectivity index (χ3v) is 2.02. The summed E-state index contributed by atoms with van der Waals surface area (Å²) in [4.78, 5) is 20.9. The van der Waals surface area contributed by atoms with E-state index in [4.69, 9.17) is 0 Å². The van der Waals surface area contributed by atoms with Crippen molar-refractivity contribution in [1.82, 2.24) is 0 Å². The molecule has 0 aliphatic carbocycles. The van der Waals surface area contributed by atoms with Crippen molar-refractivity contribution in [2.24, 2.45) is 0 Å². The molecule has 0 aromatic carbocycles. The van der Waals surface area contributed by atoms with Crippen LogP contribution in [-0.2, 0) is 18.6 Å². The fraction of sp³-hybridized carbons (Fsp3) is 0.167. The smallest absolute Gasteiger partial charge is 0.868 e. The van der Waals surface area contributed by atoms with Crippen molar-refractivity contribution in [1.29, 1.82) is 0 Å². The van der Waals surface area contributed by atoms with E-state index < -0.39 is 22.4 Å². The van der Waals surface area contributed by atoms with Crippen LogP contribution >= 0.6 is 0 Å². The molecule has 7 nitrogen and oxygen atoms in total. The number of hydrogen-bond donors (Lipinski definition) is 0. The minimum Gasteiger partial charge on any atom is -0.868 e. The maximum absolute atomic E-state index is 10.6. The predicted octanol–water partition coefficient (Wildman–Crippen LogP) is -0.784. The van der Waals surface area contributed by atoms with Crippen molar-refractivity contribution in [3.63, 3.8) is 0 Å². The molecule has 0 unspecified atom stereocenters. The summed E-state index contributed by atoms with van der Waals surface area (Å²) >= 11 is 0. The van der Waals surface area contributed by atoms with Crippen LogP contribution < -0.4 is 21.1 Å². The molecule has 1 radical (unpaired) electrons. The Hall–Kier alpha value is -1.96. The maximum Gasteiger partial charge on any atom is 2.00 e. The van der Waals surface area contributed by atoms with Gasteiger partial charge in [0.25, 0.3) is 0 Å². The van der Waals surface area contributed by atoms with E-state index in [0.717, 1.165) is 12.1 Å². The SMILES string of the molecule is Cc1occc(=O)c1[O-].Cc1occc(=O)c1[O-].O.[V+2]. The second kappa shape index (κ2) is 9.03. The molecule has 8 heteroatoms. The molecule has 0 bridgehead atoms. The second-order valence-corrected chi connectivity index (χ2v) is 3.34. The van der Waals surface area contributed by atoms with Crippen LogP contribution in [0.5, 0.6) is 11.5 Å². The molecule has 2 N–H and O–H groups in total. The fourth-order valence-electron chi connectivity index (χ4n) is 1.00. The minimum atomic E-state index is -0.558. The Labute approximate surface area is 125 Å². The molecule has 2 aromatic rings. The Balaban J connectivity index is 0. The second-order valence-electron chi connectivity index (χ2n) is 3.34. The van der Waals surface area contributed by atoms with E-state index in [-0.39, 0.29) is 35.6 Å². The van der Waals surface area contributed by atoms with Crippen LogP contribution in [-0.4, -0.2) is 5.48 Å². The van der Waals surface area contributed by atoms with E-state index in [9.17, 15) is 19.8 Å². The van der Waals surface area contributed by atoms with E-state index >= 15 is 0 Å². The summed E-state index contributed by atoms with van der Waals surface area (Å²) in [6.07, 6.45) is 2.41. The first-order valence-corrected chi connectivity index (χ1v) is 4.94. The van der Waals surface area contributed by atoms with Crippen LogP contribution in [0, 0.1) is 13.8 Å². The van der Waals surface area contributed by atoms with E-state index in [2.05, 4.69) is 8.83 Å². The summed E-state index contributed by atoms with van der Waals surface area (Å²) in [6, 6.07) is 2.21.